The molecule has 0 aromatic heterocycles. The highest BCUT2D eigenvalue weighted by atomic mass is 16.6. The lowest BCUT2D eigenvalue weighted by molar-refractivity contribution is -0.385. The lowest BCUT2D eigenvalue weighted by Crippen LogP contribution is -2.17. The maximum atomic E-state index is 12.1. The first-order valence-corrected chi connectivity index (χ1v) is 7.26. The minimum absolute atomic E-state index is 0.114. The summed E-state index contributed by atoms with van der Waals surface area (Å²) in [4.78, 5) is 22.5. The van der Waals surface area contributed by atoms with E-state index >= 15 is 0 Å². The van der Waals surface area contributed by atoms with Gasteiger partial charge in [-0.15, -0.1) is 0 Å². The monoisotopic (exact) mass is 343 g/mol. The first-order valence-electron chi connectivity index (χ1n) is 7.26. The summed E-state index contributed by atoms with van der Waals surface area (Å²) in [6.07, 6.45) is 1.43. The van der Waals surface area contributed by atoms with Crippen LogP contribution in [0.25, 0.3) is 0 Å². The number of hydrogen-bond donors (Lipinski definition) is 1. The zero-order valence-corrected chi connectivity index (χ0v) is 14.0. The Bertz CT molecular complexity index is 833. The van der Waals surface area contributed by atoms with Crippen molar-refractivity contribution >= 4 is 17.8 Å². The number of nitrogens with zero attached hydrogens (tertiary/aromatic N) is 2. The van der Waals surface area contributed by atoms with Crippen LogP contribution in [-0.4, -0.2) is 31.3 Å². The lowest BCUT2D eigenvalue weighted by atomic mass is 10.1. The summed E-state index contributed by atoms with van der Waals surface area (Å²) in [5.74, 6) is 0.572. The van der Waals surface area contributed by atoms with Gasteiger partial charge in [-0.05, 0) is 36.8 Å². The van der Waals surface area contributed by atoms with Crippen molar-refractivity contribution in [2.45, 2.75) is 6.92 Å². The van der Waals surface area contributed by atoms with Crippen LogP contribution >= 0.6 is 0 Å². The molecular formula is C17H17N3O5. The predicted molar refractivity (Wildman–Crippen MR) is 92.4 cm³/mol. The Kier molecular flexibility index (Phi) is 5.67. The number of benzene rings is 2. The zero-order chi connectivity index (χ0) is 18.4. The van der Waals surface area contributed by atoms with Crippen molar-refractivity contribution < 1.29 is 19.2 Å². The molecule has 0 radical (unpaired) electrons. The Labute approximate surface area is 144 Å². The number of nitro benzene ring substituents is 1. The smallest absolute Gasteiger partial charge is 0.273 e. The van der Waals surface area contributed by atoms with Crippen LogP contribution in [0.4, 0.5) is 5.69 Å². The molecule has 0 aliphatic rings. The van der Waals surface area contributed by atoms with E-state index in [1.54, 1.807) is 25.1 Å². The van der Waals surface area contributed by atoms with Gasteiger partial charge in [-0.3, -0.25) is 14.9 Å². The molecular weight excluding hydrogens is 326 g/mol. The summed E-state index contributed by atoms with van der Waals surface area (Å²) in [5, 5.41) is 14.8. The second-order valence-electron chi connectivity index (χ2n) is 5.07. The third-order valence-corrected chi connectivity index (χ3v) is 3.46. The van der Waals surface area contributed by atoms with E-state index in [9.17, 15) is 14.9 Å². The molecule has 2 aromatic carbocycles. The number of hydrogen-bond acceptors (Lipinski definition) is 6. The van der Waals surface area contributed by atoms with Gasteiger partial charge in [0.25, 0.3) is 11.6 Å². The molecule has 25 heavy (non-hydrogen) atoms. The van der Waals surface area contributed by atoms with Gasteiger partial charge in [0.1, 0.15) is 0 Å². The van der Waals surface area contributed by atoms with Crippen molar-refractivity contribution in [2.24, 2.45) is 5.10 Å². The molecule has 2 rings (SSSR count). The summed E-state index contributed by atoms with van der Waals surface area (Å²) in [7, 11) is 3.05. The molecule has 0 spiro atoms. The Morgan fingerprint density at radius 1 is 1.16 bits per heavy atom. The van der Waals surface area contributed by atoms with Gasteiger partial charge < -0.3 is 9.47 Å². The number of carbonyl (C=O) groups is 1. The predicted octanol–water partition coefficient (Wildman–Crippen LogP) is 2.68. The third kappa shape index (κ3) is 4.31. The summed E-state index contributed by atoms with van der Waals surface area (Å²) in [5.41, 5.74) is 3.54. The average Bonchev–Trinajstić information content (AvgIpc) is 2.61. The fraction of sp³-hybridized carbons (Fsp3) is 0.176. The van der Waals surface area contributed by atoms with Gasteiger partial charge >= 0.3 is 0 Å². The van der Waals surface area contributed by atoms with E-state index in [1.807, 2.05) is 0 Å². The molecule has 1 amide bonds. The molecule has 0 atom stereocenters. The molecule has 8 nitrogen and oxygen atoms in total. The number of ether oxygens (including phenoxy) is 2. The topological polar surface area (TPSA) is 103 Å². The van der Waals surface area contributed by atoms with Crippen molar-refractivity contribution in [1.82, 2.24) is 5.43 Å². The van der Waals surface area contributed by atoms with Crippen LogP contribution in [0.2, 0.25) is 0 Å². The minimum atomic E-state index is -0.542. The molecule has 1 N–H and O–H groups in total. The van der Waals surface area contributed by atoms with Crippen LogP contribution in [0, 0.1) is 17.0 Å². The molecule has 0 saturated heterocycles. The summed E-state index contributed by atoms with van der Waals surface area (Å²) < 4.78 is 10.3. The Balaban J connectivity index is 2.10. The minimum Gasteiger partial charge on any atom is -0.493 e. The molecule has 0 saturated carbocycles. The number of hydrazone groups is 1. The van der Waals surface area contributed by atoms with Crippen molar-refractivity contribution in [3.05, 3.63) is 63.2 Å². The van der Waals surface area contributed by atoms with Gasteiger partial charge in [0.2, 0.25) is 0 Å². The Morgan fingerprint density at radius 2 is 1.88 bits per heavy atom. The molecule has 0 heterocycles. The first kappa shape index (κ1) is 17.9. The molecule has 2 aromatic rings. The van der Waals surface area contributed by atoms with Gasteiger partial charge in [0.15, 0.2) is 11.5 Å². The Hall–Kier alpha value is -3.42. The van der Waals surface area contributed by atoms with Crippen molar-refractivity contribution in [3.63, 3.8) is 0 Å². The van der Waals surface area contributed by atoms with Gasteiger partial charge in [-0.1, -0.05) is 6.07 Å². The van der Waals surface area contributed by atoms with E-state index in [1.165, 1.54) is 38.6 Å². The second-order valence-corrected chi connectivity index (χ2v) is 5.07. The van der Waals surface area contributed by atoms with Crippen LogP contribution in [0.1, 0.15) is 21.5 Å². The first-order chi connectivity index (χ1) is 12.0. The molecule has 0 unspecified atom stereocenters. The SMILES string of the molecule is COc1ccc(/C=N/NC(=O)c2ccc(C)c([N+](=O)[O-])c2)cc1OC. The van der Waals surface area contributed by atoms with Crippen molar-refractivity contribution in [2.75, 3.05) is 14.2 Å². The maximum absolute atomic E-state index is 12.1. The summed E-state index contributed by atoms with van der Waals surface area (Å²) in [6, 6.07) is 9.40. The van der Waals surface area contributed by atoms with Crippen molar-refractivity contribution in [3.8, 4) is 11.5 Å². The number of methoxy groups -OCH3 is 2. The number of amides is 1. The molecule has 8 heteroatoms. The molecule has 130 valence electrons. The van der Waals surface area contributed by atoms with Crippen LogP contribution < -0.4 is 14.9 Å². The highest BCUT2D eigenvalue weighted by molar-refractivity contribution is 5.95. The molecule has 0 fully saturated rings. The zero-order valence-electron chi connectivity index (χ0n) is 14.0. The van der Waals surface area contributed by atoms with E-state index in [4.69, 9.17) is 9.47 Å². The van der Waals surface area contributed by atoms with Gasteiger partial charge in [-0.2, -0.15) is 5.10 Å². The average molecular weight is 343 g/mol. The van der Waals surface area contributed by atoms with E-state index < -0.39 is 10.8 Å². The number of rotatable bonds is 6. The normalized spacial score (nSPS) is 10.5. The number of nitro groups is 1. The number of nitrogens with one attached hydrogen (secondary N) is 1. The quantitative estimate of drug-likeness (QED) is 0.493. The molecule has 0 aliphatic carbocycles. The van der Waals surface area contributed by atoms with Crippen molar-refractivity contribution in [1.29, 1.82) is 0 Å². The highest BCUT2D eigenvalue weighted by Gasteiger charge is 2.14. The fourth-order valence-electron chi connectivity index (χ4n) is 2.11. The summed E-state index contributed by atoms with van der Waals surface area (Å²) >= 11 is 0. The van der Waals surface area contributed by atoms with Crippen LogP contribution in [0.3, 0.4) is 0 Å². The van der Waals surface area contributed by atoms with E-state index in [0.717, 1.165) is 0 Å². The Morgan fingerprint density at radius 3 is 2.52 bits per heavy atom. The second kappa shape index (κ2) is 7.91. The summed E-state index contributed by atoms with van der Waals surface area (Å²) in [6.45, 7) is 1.61. The molecule has 0 aliphatic heterocycles. The van der Waals surface area contributed by atoms with Crippen LogP contribution in [-0.2, 0) is 0 Å². The largest absolute Gasteiger partial charge is 0.493 e. The number of carbonyl (C=O) groups excluding carboxylic acids is 1. The van der Waals surface area contributed by atoms with Crippen LogP contribution in [0.15, 0.2) is 41.5 Å². The number of aryl methyl sites for hydroxylation is 1. The maximum Gasteiger partial charge on any atom is 0.273 e. The third-order valence-electron chi connectivity index (χ3n) is 3.46. The van der Waals surface area contributed by atoms with Gasteiger partial charge in [-0.25, -0.2) is 5.43 Å². The van der Waals surface area contributed by atoms with Gasteiger partial charge in [0.05, 0.1) is 25.4 Å². The van der Waals surface area contributed by atoms with E-state index in [0.29, 0.717) is 22.6 Å². The standard InChI is InChI=1S/C17H17N3O5/c1-11-4-6-13(9-14(11)20(22)23)17(21)19-18-10-12-5-7-15(24-2)16(8-12)25-3/h4-10H,1-3H3,(H,19,21)/b18-10+. The van der Waals surface area contributed by atoms with Gasteiger partial charge in [0, 0.05) is 17.2 Å². The lowest BCUT2D eigenvalue weighted by Gasteiger charge is -2.07. The van der Waals surface area contributed by atoms with Crippen LogP contribution in [0.5, 0.6) is 11.5 Å². The van der Waals surface area contributed by atoms with E-state index in [2.05, 4.69) is 10.5 Å². The fourth-order valence-corrected chi connectivity index (χ4v) is 2.11. The van der Waals surface area contributed by atoms with E-state index in [-0.39, 0.29) is 11.3 Å². The molecule has 0 bridgehead atoms. The highest BCUT2D eigenvalue weighted by Crippen LogP contribution is 2.26.